The summed E-state index contributed by atoms with van der Waals surface area (Å²) >= 11 is 0. The second kappa shape index (κ2) is 5.21. The van der Waals surface area contributed by atoms with E-state index in [1.165, 1.54) is 12.8 Å². The Morgan fingerprint density at radius 1 is 1.53 bits per heavy atom. The van der Waals surface area contributed by atoms with Gasteiger partial charge >= 0.3 is 0 Å². The number of hydrogen-bond donors (Lipinski definition) is 1. The van der Waals surface area contributed by atoms with Crippen LogP contribution in [-0.2, 0) is 4.79 Å². The van der Waals surface area contributed by atoms with Crippen LogP contribution in [-0.4, -0.2) is 11.9 Å². The maximum absolute atomic E-state index is 12.0. The zero-order chi connectivity index (χ0) is 11.3. The van der Waals surface area contributed by atoms with Crippen molar-refractivity contribution in [3.63, 3.8) is 0 Å². The van der Waals surface area contributed by atoms with Crippen molar-refractivity contribution >= 4 is 5.91 Å². The normalized spacial score (nSPS) is 20.6. The minimum absolute atomic E-state index is 0.0834. The van der Waals surface area contributed by atoms with Gasteiger partial charge in [-0.1, -0.05) is 39.0 Å². The Morgan fingerprint density at radius 3 is 2.60 bits per heavy atom. The summed E-state index contributed by atoms with van der Waals surface area (Å²) < 4.78 is 0. The molecule has 0 aromatic heterocycles. The molecule has 1 atom stereocenters. The van der Waals surface area contributed by atoms with Crippen LogP contribution in [0.1, 0.15) is 52.4 Å². The smallest absolute Gasteiger partial charge is 0.226 e. The van der Waals surface area contributed by atoms with Crippen LogP contribution in [0.5, 0.6) is 0 Å². The average molecular weight is 207 g/mol. The molecule has 1 aliphatic carbocycles. The van der Waals surface area contributed by atoms with Crippen molar-refractivity contribution < 1.29 is 4.79 Å². The fourth-order valence-electron chi connectivity index (χ4n) is 2.20. The molecule has 15 heavy (non-hydrogen) atoms. The monoisotopic (exact) mass is 207 g/mol. The number of amides is 1. The maximum atomic E-state index is 12.0. The topological polar surface area (TPSA) is 29.1 Å². The standard InChI is InChI=1S/C13H21NO/c1-4-8-11(5-2)14-12(15)13(3)9-6-7-10-13/h2,11H,4,6-10H2,1,3H3,(H,14,15). The van der Waals surface area contributed by atoms with Gasteiger partial charge in [0.2, 0.25) is 5.91 Å². The molecule has 1 N–H and O–H groups in total. The minimum Gasteiger partial charge on any atom is -0.342 e. The summed E-state index contributed by atoms with van der Waals surface area (Å²) in [5, 5.41) is 2.98. The Bertz CT molecular complexity index is 258. The first-order valence-corrected chi connectivity index (χ1v) is 5.89. The average Bonchev–Trinajstić information content (AvgIpc) is 2.65. The van der Waals surface area contributed by atoms with E-state index in [0.29, 0.717) is 0 Å². The Balaban J connectivity index is 2.50. The Kier molecular flexibility index (Phi) is 4.20. The molecule has 0 aliphatic heterocycles. The number of hydrogen-bond acceptors (Lipinski definition) is 1. The zero-order valence-corrected chi connectivity index (χ0v) is 9.81. The molecule has 0 aromatic carbocycles. The summed E-state index contributed by atoms with van der Waals surface area (Å²) in [6.07, 6.45) is 11.6. The van der Waals surface area contributed by atoms with E-state index in [-0.39, 0.29) is 17.4 Å². The predicted molar refractivity (Wildman–Crippen MR) is 62.2 cm³/mol. The molecular weight excluding hydrogens is 186 g/mol. The maximum Gasteiger partial charge on any atom is 0.226 e. The lowest BCUT2D eigenvalue weighted by atomic mass is 9.87. The van der Waals surface area contributed by atoms with Gasteiger partial charge in [0, 0.05) is 5.41 Å². The van der Waals surface area contributed by atoms with Crippen LogP contribution < -0.4 is 5.32 Å². The molecule has 1 aliphatic rings. The van der Waals surface area contributed by atoms with Gasteiger partial charge < -0.3 is 5.32 Å². The third-order valence-corrected chi connectivity index (χ3v) is 3.34. The highest BCUT2D eigenvalue weighted by Gasteiger charge is 2.36. The van der Waals surface area contributed by atoms with Crippen LogP contribution >= 0.6 is 0 Å². The number of terminal acetylenes is 1. The summed E-state index contributed by atoms with van der Waals surface area (Å²) in [4.78, 5) is 12.0. The van der Waals surface area contributed by atoms with Gasteiger partial charge in [-0.2, -0.15) is 0 Å². The lowest BCUT2D eigenvalue weighted by Gasteiger charge is -2.24. The van der Waals surface area contributed by atoms with Gasteiger partial charge in [-0.25, -0.2) is 0 Å². The van der Waals surface area contributed by atoms with Crippen molar-refractivity contribution in [3.05, 3.63) is 0 Å². The lowest BCUT2D eigenvalue weighted by Crippen LogP contribution is -2.42. The zero-order valence-electron chi connectivity index (χ0n) is 9.81. The van der Waals surface area contributed by atoms with Crippen molar-refractivity contribution in [1.82, 2.24) is 5.32 Å². The van der Waals surface area contributed by atoms with Crippen LogP contribution in [0.25, 0.3) is 0 Å². The molecule has 2 nitrogen and oxygen atoms in total. The van der Waals surface area contributed by atoms with Crippen molar-refractivity contribution in [2.24, 2.45) is 5.41 Å². The molecule has 1 amide bonds. The van der Waals surface area contributed by atoms with E-state index < -0.39 is 0 Å². The molecule has 0 saturated heterocycles. The molecular formula is C13H21NO. The molecule has 0 aromatic rings. The summed E-state index contributed by atoms with van der Waals surface area (Å²) in [5.74, 6) is 2.79. The fraction of sp³-hybridized carbons (Fsp3) is 0.769. The van der Waals surface area contributed by atoms with E-state index in [2.05, 4.69) is 25.1 Å². The Morgan fingerprint density at radius 2 is 2.13 bits per heavy atom. The van der Waals surface area contributed by atoms with Crippen LogP contribution in [0.3, 0.4) is 0 Å². The number of carbonyl (C=O) groups excluding carboxylic acids is 1. The SMILES string of the molecule is C#CC(CCC)NC(=O)C1(C)CCCC1. The highest BCUT2D eigenvalue weighted by atomic mass is 16.2. The third kappa shape index (κ3) is 2.99. The van der Waals surface area contributed by atoms with E-state index >= 15 is 0 Å². The van der Waals surface area contributed by atoms with Gasteiger partial charge in [-0.15, -0.1) is 6.42 Å². The highest BCUT2D eigenvalue weighted by Crippen LogP contribution is 2.37. The lowest BCUT2D eigenvalue weighted by molar-refractivity contribution is -0.130. The van der Waals surface area contributed by atoms with E-state index in [1.54, 1.807) is 0 Å². The summed E-state index contributed by atoms with van der Waals surface area (Å²) in [5.41, 5.74) is -0.164. The van der Waals surface area contributed by atoms with Gasteiger partial charge in [-0.3, -0.25) is 4.79 Å². The first-order valence-electron chi connectivity index (χ1n) is 5.89. The van der Waals surface area contributed by atoms with E-state index in [1.807, 2.05) is 0 Å². The van der Waals surface area contributed by atoms with Gasteiger partial charge in [-0.05, 0) is 19.3 Å². The first kappa shape index (κ1) is 12.1. The van der Waals surface area contributed by atoms with Gasteiger partial charge in [0.05, 0.1) is 6.04 Å². The minimum atomic E-state index is -0.164. The van der Waals surface area contributed by atoms with Crippen LogP contribution in [0.15, 0.2) is 0 Å². The van der Waals surface area contributed by atoms with Crippen LogP contribution in [0.4, 0.5) is 0 Å². The molecule has 84 valence electrons. The summed E-state index contributed by atoms with van der Waals surface area (Å²) in [6, 6.07) is -0.0834. The predicted octanol–water partition coefficient (Wildman–Crippen LogP) is 2.48. The number of nitrogens with one attached hydrogen (secondary N) is 1. The van der Waals surface area contributed by atoms with Crippen LogP contribution in [0, 0.1) is 17.8 Å². The molecule has 0 heterocycles. The second-order valence-corrected chi connectivity index (χ2v) is 4.75. The van der Waals surface area contributed by atoms with Crippen molar-refractivity contribution in [2.45, 2.75) is 58.4 Å². The largest absolute Gasteiger partial charge is 0.342 e. The molecule has 0 radical (unpaired) electrons. The molecule has 0 bridgehead atoms. The highest BCUT2D eigenvalue weighted by molar-refractivity contribution is 5.83. The first-order chi connectivity index (χ1) is 7.12. The van der Waals surface area contributed by atoms with E-state index in [4.69, 9.17) is 6.42 Å². The molecule has 1 saturated carbocycles. The van der Waals surface area contributed by atoms with Crippen molar-refractivity contribution in [3.8, 4) is 12.3 Å². The third-order valence-electron chi connectivity index (χ3n) is 3.34. The van der Waals surface area contributed by atoms with Crippen molar-refractivity contribution in [1.29, 1.82) is 0 Å². The molecule has 0 spiro atoms. The Labute approximate surface area is 92.8 Å². The number of rotatable bonds is 4. The molecule has 2 heteroatoms. The fourth-order valence-corrected chi connectivity index (χ4v) is 2.20. The molecule has 1 rings (SSSR count). The molecule has 1 fully saturated rings. The van der Waals surface area contributed by atoms with Gasteiger partial charge in [0.15, 0.2) is 0 Å². The molecule has 1 unspecified atom stereocenters. The van der Waals surface area contributed by atoms with Gasteiger partial charge in [0.1, 0.15) is 0 Å². The van der Waals surface area contributed by atoms with E-state index in [0.717, 1.165) is 25.7 Å². The van der Waals surface area contributed by atoms with Gasteiger partial charge in [0.25, 0.3) is 0 Å². The van der Waals surface area contributed by atoms with Crippen molar-refractivity contribution in [2.75, 3.05) is 0 Å². The summed E-state index contributed by atoms with van der Waals surface area (Å²) in [7, 11) is 0. The van der Waals surface area contributed by atoms with Crippen LogP contribution in [0.2, 0.25) is 0 Å². The van der Waals surface area contributed by atoms with E-state index in [9.17, 15) is 4.79 Å². The summed E-state index contributed by atoms with van der Waals surface area (Å²) in [6.45, 7) is 4.13. The Hall–Kier alpha value is -0.970. The second-order valence-electron chi connectivity index (χ2n) is 4.75. The number of carbonyl (C=O) groups is 1. The quantitative estimate of drug-likeness (QED) is 0.705.